The lowest BCUT2D eigenvalue weighted by Crippen LogP contribution is -2.41. The Morgan fingerprint density at radius 3 is 2.55 bits per heavy atom. The topological polar surface area (TPSA) is 67.6 Å². The molecule has 1 amide bonds. The third-order valence-electron chi connectivity index (χ3n) is 5.82. The van der Waals surface area contributed by atoms with Gasteiger partial charge in [-0.1, -0.05) is 24.3 Å². The Kier molecular flexibility index (Phi) is 5.69. The number of carbonyl (C=O) groups excluding carboxylic acids is 1. The molecular formula is C24H24F3N3O3. The third kappa shape index (κ3) is 3.86. The molecule has 174 valence electrons. The Balaban J connectivity index is 1.81. The lowest BCUT2D eigenvalue weighted by molar-refractivity contribution is -0.246. The first-order chi connectivity index (χ1) is 15.5. The molecule has 0 radical (unpaired) electrons. The van der Waals surface area contributed by atoms with E-state index in [0.29, 0.717) is 28.7 Å². The van der Waals surface area contributed by atoms with Crippen LogP contribution in [-0.4, -0.2) is 52.6 Å². The molecule has 3 aromatic rings. The van der Waals surface area contributed by atoms with Gasteiger partial charge in [0.2, 0.25) is 11.5 Å². The van der Waals surface area contributed by atoms with Crippen molar-refractivity contribution in [2.24, 2.45) is 7.05 Å². The Hall–Kier alpha value is -3.33. The highest BCUT2D eigenvalue weighted by Crippen LogP contribution is 2.58. The van der Waals surface area contributed by atoms with Crippen LogP contribution in [0.1, 0.15) is 24.0 Å². The predicted octanol–water partition coefficient (Wildman–Crippen LogP) is 4.11. The van der Waals surface area contributed by atoms with Crippen molar-refractivity contribution in [3.05, 3.63) is 59.9 Å². The summed E-state index contributed by atoms with van der Waals surface area (Å²) in [7, 11) is 5.02. The molecule has 4 rings (SSSR count). The average molecular weight is 459 g/mol. The van der Waals surface area contributed by atoms with E-state index in [1.807, 2.05) is 0 Å². The van der Waals surface area contributed by atoms with Gasteiger partial charge in [0.25, 0.3) is 0 Å². The van der Waals surface area contributed by atoms with Crippen molar-refractivity contribution in [2.45, 2.75) is 24.6 Å². The smallest absolute Gasteiger partial charge is 0.425 e. The number of aliphatic hydroxyl groups is 1. The molecule has 6 nitrogen and oxygen atoms in total. The summed E-state index contributed by atoms with van der Waals surface area (Å²) in [6.07, 6.45) is -1.03. The highest BCUT2D eigenvalue weighted by Gasteiger charge is 2.61. The number of hydrogen-bond donors (Lipinski definition) is 1. The van der Waals surface area contributed by atoms with Gasteiger partial charge in [0.15, 0.2) is 0 Å². The van der Waals surface area contributed by atoms with E-state index in [-0.39, 0.29) is 35.8 Å². The van der Waals surface area contributed by atoms with Gasteiger partial charge < -0.3 is 14.7 Å². The molecule has 33 heavy (non-hydrogen) atoms. The van der Waals surface area contributed by atoms with Gasteiger partial charge in [0, 0.05) is 50.5 Å². The van der Waals surface area contributed by atoms with Crippen LogP contribution < -0.4 is 4.74 Å². The maximum Gasteiger partial charge on any atom is 0.425 e. The molecule has 1 aliphatic carbocycles. The Bertz CT molecular complexity index is 1200. The molecule has 0 aliphatic heterocycles. The number of ether oxygens (including phenoxy) is 1. The molecule has 2 aromatic carbocycles. The number of nitrogens with zero attached hydrogens (tertiary/aromatic N) is 3. The number of aryl methyl sites for hydroxylation is 1. The van der Waals surface area contributed by atoms with Gasteiger partial charge in [-0.25, -0.2) is 0 Å². The number of carbonyl (C=O) groups is 1. The molecule has 9 heteroatoms. The van der Waals surface area contributed by atoms with E-state index in [2.05, 4.69) is 5.10 Å². The third-order valence-corrected chi connectivity index (χ3v) is 5.82. The molecule has 0 fully saturated rings. The van der Waals surface area contributed by atoms with Crippen LogP contribution in [-0.2, 0) is 17.4 Å². The van der Waals surface area contributed by atoms with Crippen LogP contribution in [0.4, 0.5) is 13.2 Å². The van der Waals surface area contributed by atoms with Crippen LogP contribution in [0.3, 0.4) is 0 Å². The second-order valence-electron chi connectivity index (χ2n) is 8.29. The summed E-state index contributed by atoms with van der Waals surface area (Å²) in [5, 5.41) is 15.2. The minimum atomic E-state index is -4.95. The van der Waals surface area contributed by atoms with Crippen LogP contribution in [0.2, 0.25) is 0 Å². The number of halogens is 3. The molecule has 1 atom stereocenters. The van der Waals surface area contributed by atoms with Gasteiger partial charge in [-0.2, -0.15) is 18.3 Å². The van der Waals surface area contributed by atoms with Crippen LogP contribution in [0.5, 0.6) is 5.75 Å². The van der Waals surface area contributed by atoms with Crippen LogP contribution in [0, 0.1) is 0 Å². The molecule has 0 saturated carbocycles. The Morgan fingerprint density at radius 2 is 1.91 bits per heavy atom. The fraction of sp³-hybridized carbons (Fsp3) is 0.333. The zero-order valence-corrected chi connectivity index (χ0v) is 18.5. The number of hydrogen-bond acceptors (Lipinski definition) is 4. The van der Waals surface area contributed by atoms with Gasteiger partial charge in [-0.15, -0.1) is 0 Å². The van der Waals surface area contributed by atoms with E-state index in [1.165, 1.54) is 23.1 Å². The zero-order valence-electron chi connectivity index (χ0n) is 18.5. The van der Waals surface area contributed by atoms with Crippen molar-refractivity contribution in [1.29, 1.82) is 0 Å². The van der Waals surface area contributed by atoms with E-state index in [1.54, 1.807) is 56.4 Å². The molecule has 1 aliphatic rings. The normalized spacial score (nSPS) is 16.9. The van der Waals surface area contributed by atoms with Gasteiger partial charge in [-0.3, -0.25) is 9.48 Å². The summed E-state index contributed by atoms with van der Waals surface area (Å²) in [5.74, 6) is 0.117. The van der Waals surface area contributed by atoms with Crippen molar-refractivity contribution in [3.8, 4) is 28.0 Å². The van der Waals surface area contributed by atoms with Crippen molar-refractivity contribution >= 4 is 5.91 Å². The van der Waals surface area contributed by atoms with E-state index < -0.39 is 11.8 Å². The molecule has 1 aromatic heterocycles. The summed E-state index contributed by atoms with van der Waals surface area (Å²) in [6, 6.07) is 8.89. The minimum absolute atomic E-state index is 0.0644. The standard InChI is InChI=1S/C24H24F3N3O3/c1-29(2)21(31)9-6-10-33-16-11-18(15-13-28-30(3)14-15)22-17-7-4-5-8-19(17)23(32,20(22)12-16)24(25,26)27/h4-5,7-8,11-14,32H,6,9-10H2,1-3H3. The molecule has 1 unspecified atom stereocenters. The summed E-state index contributed by atoms with van der Waals surface area (Å²) < 4.78 is 50.2. The van der Waals surface area contributed by atoms with Crippen molar-refractivity contribution in [3.63, 3.8) is 0 Å². The van der Waals surface area contributed by atoms with Crippen LogP contribution in [0.25, 0.3) is 22.3 Å². The number of fused-ring (bicyclic) bond motifs is 3. The van der Waals surface area contributed by atoms with Crippen LogP contribution >= 0.6 is 0 Å². The SMILES string of the molecule is CN(C)C(=O)CCCOc1cc(-c2cnn(C)c2)c2c(c1)C(O)(C(F)(F)F)c1ccccc1-2. The maximum absolute atomic E-state index is 14.3. The summed E-state index contributed by atoms with van der Waals surface area (Å²) in [6.45, 7) is 0.141. The second kappa shape index (κ2) is 8.22. The molecular weight excluding hydrogens is 435 g/mol. The van der Waals surface area contributed by atoms with E-state index in [0.717, 1.165) is 0 Å². The minimum Gasteiger partial charge on any atom is -0.494 e. The Labute approximate surface area is 189 Å². The largest absolute Gasteiger partial charge is 0.494 e. The number of rotatable bonds is 6. The first-order valence-corrected chi connectivity index (χ1v) is 10.4. The molecule has 1 heterocycles. The number of amides is 1. The van der Waals surface area contributed by atoms with Crippen molar-refractivity contribution in [2.75, 3.05) is 20.7 Å². The first-order valence-electron chi connectivity index (χ1n) is 10.4. The van der Waals surface area contributed by atoms with E-state index >= 15 is 0 Å². The summed E-state index contributed by atoms with van der Waals surface area (Å²) in [5.41, 5.74) is -1.97. The fourth-order valence-electron chi connectivity index (χ4n) is 4.17. The quantitative estimate of drug-likeness (QED) is 0.564. The lowest BCUT2D eigenvalue weighted by atomic mass is 9.89. The number of benzene rings is 2. The summed E-state index contributed by atoms with van der Waals surface area (Å²) in [4.78, 5) is 13.2. The number of aromatic nitrogens is 2. The number of alkyl halides is 3. The van der Waals surface area contributed by atoms with E-state index in [9.17, 15) is 23.1 Å². The van der Waals surface area contributed by atoms with Gasteiger partial charge in [0.05, 0.1) is 12.8 Å². The van der Waals surface area contributed by atoms with Gasteiger partial charge in [0.1, 0.15) is 5.75 Å². The molecule has 0 spiro atoms. The lowest BCUT2D eigenvalue weighted by Gasteiger charge is -2.28. The van der Waals surface area contributed by atoms with Gasteiger partial charge >= 0.3 is 6.18 Å². The molecule has 1 N–H and O–H groups in total. The first kappa shape index (κ1) is 22.8. The monoisotopic (exact) mass is 459 g/mol. The van der Waals surface area contributed by atoms with E-state index in [4.69, 9.17) is 4.74 Å². The Morgan fingerprint density at radius 1 is 1.18 bits per heavy atom. The van der Waals surface area contributed by atoms with Crippen molar-refractivity contribution in [1.82, 2.24) is 14.7 Å². The highest BCUT2D eigenvalue weighted by atomic mass is 19.4. The predicted molar refractivity (Wildman–Crippen MR) is 117 cm³/mol. The maximum atomic E-state index is 14.3. The molecule has 0 bridgehead atoms. The van der Waals surface area contributed by atoms with Gasteiger partial charge in [-0.05, 0) is 35.2 Å². The van der Waals surface area contributed by atoms with Crippen LogP contribution in [0.15, 0.2) is 48.8 Å². The summed E-state index contributed by atoms with van der Waals surface area (Å²) >= 11 is 0. The molecule has 0 saturated heterocycles. The second-order valence-corrected chi connectivity index (χ2v) is 8.29. The highest BCUT2D eigenvalue weighted by molar-refractivity contribution is 5.93. The van der Waals surface area contributed by atoms with Crippen molar-refractivity contribution < 1.29 is 27.8 Å². The average Bonchev–Trinajstić information content (AvgIpc) is 3.31. The zero-order chi connectivity index (χ0) is 24.0. The fourth-order valence-corrected chi connectivity index (χ4v) is 4.17.